The highest BCUT2D eigenvalue weighted by molar-refractivity contribution is 6.39. The predicted octanol–water partition coefficient (Wildman–Crippen LogP) is 6.42. The first-order chi connectivity index (χ1) is 41.8. The minimum absolute atomic E-state index is 0. The quantitative estimate of drug-likeness (QED) is 0.0866. The molecule has 534 valence electrons. The Morgan fingerprint density at radius 3 is 1.16 bits per heavy atom. The molecule has 94 heavy (non-hydrogen) atoms. The van der Waals surface area contributed by atoms with Crippen molar-refractivity contribution in [3.8, 4) is 0 Å². The van der Waals surface area contributed by atoms with Crippen molar-refractivity contribution in [3.05, 3.63) is 52.4 Å². The number of aromatic nitrogens is 2. The van der Waals surface area contributed by atoms with Gasteiger partial charge in [-0.25, -0.2) is 29.0 Å². The molecular weight excluding hydrogens is 1290 g/mol. The number of rotatable bonds is 11. The maximum Gasteiger partial charge on any atom is 0.414 e. The van der Waals surface area contributed by atoms with Crippen molar-refractivity contribution in [2.24, 2.45) is 29.2 Å². The number of nitrogens with two attached hydrogens (primary N) is 2. The van der Waals surface area contributed by atoms with Crippen molar-refractivity contribution < 1.29 is 82.0 Å². The summed E-state index contributed by atoms with van der Waals surface area (Å²) >= 11 is 11.4. The van der Waals surface area contributed by atoms with Gasteiger partial charge in [-0.05, 0) is 144 Å². The molecule has 3 saturated carbocycles. The van der Waals surface area contributed by atoms with Crippen molar-refractivity contribution in [2.75, 3.05) is 47.6 Å². The summed E-state index contributed by atoms with van der Waals surface area (Å²) in [6.07, 6.45) is 6.58. The first-order valence-electron chi connectivity index (χ1n) is 29.3. The van der Waals surface area contributed by atoms with Gasteiger partial charge in [0, 0.05) is 115 Å². The van der Waals surface area contributed by atoms with Crippen molar-refractivity contribution in [1.82, 2.24) is 45.9 Å². The average Bonchev–Trinajstić information content (AvgIpc) is 0.850. The van der Waals surface area contributed by atoms with Gasteiger partial charge in [-0.3, -0.25) is 38.5 Å². The smallest absolute Gasteiger partial charge is 0.414 e. The first-order valence-corrected chi connectivity index (χ1v) is 30.0. The zero-order valence-corrected chi connectivity index (χ0v) is 57.6. The molecule has 8 amide bonds. The Labute approximate surface area is 568 Å². The maximum atomic E-state index is 12.5. The molecule has 0 bridgehead atoms. The van der Waals surface area contributed by atoms with E-state index < -0.39 is 82.5 Å². The monoisotopic (exact) mass is 1390 g/mol. The molecule has 0 saturated heterocycles. The number of hydrogen-bond acceptors (Lipinski definition) is 19. The molecule has 2 aromatic heterocycles. The third-order valence-electron chi connectivity index (χ3n) is 13.3. The fourth-order valence-electron chi connectivity index (χ4n) is 9.02. The zero-order valence-electron chi connectivity index (χ0n) is 55.3. The molecule has 11 N–H and O–H groups in total. The summed E-state index contributed by atoms with van der Waals surface area (Å²) in [5.74, 6) is -6.48. The van der Waals surface area contributed by atoms with Gasteiger partial charge in [-0.2, -0.15) is 0 Å². The number of nitrogens with zero attached hydrogens (tertiary/aromatic N) is 5. The number of amides is 8. The molecule has 2 heterocycles. The second kappa shape index (κ2) is 42.1. The van der Waals surface area contributed by atoms with Crippen LogP contribution in [0.4, 0.5) is 20.2 Å². The second-order valence-electron chi connectivity index (χ2n) is 25.4. The Balaban J connectivity index is -0.00000117. The number of carbonyl (C=O) groups is 12. The number of anilines is 1. The molecular formula is C62H103Cl3N12O17. The number of carbonyl (C=O) groups excluding carboxylic acids is 10. The molecule has 3 fully saturated rings. The van der Waals surface area contributed by atoms with Gasteiger partial charge >= 0.3 is 42.0 Å². The molecule has 0 aromatic carbocycles. The Morgan fingerprint density at radius 2 is 0.851 bits per heavy atom. The number of hydrogen-bond donors (Lipinski definition) is 9. The van der Waals surface area contributed by atoms with Gasteiger partial charge in [0.05, 0.1) is 22.5 Å². The van der Waals surface area contributed by atoms with Crippen LogP contribution < -0.4 is 38.1 Å². The van der Waals surface area contributed by atoms with Crippen LogP contribution in [0.3, 0.4) is 0 Å². The lowest BCUT2D eigenvalue weighted by molar-refractivity contribution is -0.159. The Morgan fingerprint density at radius 1 is 0.511 bits per heavy atom. The number of pyridine rings is 2. The lowest BCUT2D eigenvalue weighted by Gasteiger charge is -2.37. The van der Waals surface area contributed by atoms with Crippen LogP contribution in [0.5, 0.6) is 0 Å². The van der Waals surface area contributed by atoms with Crippen LogP contribution in [0.15, 0.2) is 36.7 Å². The van der Waals surface area contributed by atoms with Gasteiger partial charge in [0.25, 0.3) is 0 Å². The summed E-state index contributed by atoms with van der Waals surface area (Å²) < 4.78 is 15.8. The standard InChI is InChI=1S/C21H30ClN5O5.2C14H27N3O3.C9H8ClNO2.C2H2O4.2CH4.ClH/c1-21(2,3)32-20(31)25-15-10-12(19(30)27(4)5)6-8-14(15)24-17(28)18(29)26-16-9-7-13(22)11-23-16;2*1-14(2,3)20-13(19)16-11-8-9(6-7-10(11)15)12(18)17(4)5;1-6(12)9(13)4-8-3-2-7(10)5-11-8;3-1(4)2(5)6;;;/h7,9,11-12,14-15H,6,8,10H2,1-5H3,(H,24,28)(H,25,31)(H,23,26,29);2*9-11H,6-8,15H2,1-5H3,(H,16,19);2-3,5H,4H2,1H3;(H,3,4)(H,5,6);2*1H4;1H/t12-,14-,15+;2*9-,10-,11+;;;;;/m000...../s1. The number of carboxylic acid groups (broad SMARTS) is 2. The highest BCUT2D eigenvalue weighted by atomic mass is 35.5. The van der Waals surface area contributed by atoms with Gasteiger partial charge in [-0.1, -0.05) is 38.1 Å². The minimum atomic E-state index is -1.82. The van der Waals surface area contributed by atoms with Crippen LogP contribution in [0, 0.1) is 17.8 Å². The van der Waals surface area contributed by atoms with E-state index in [1.165, 1.54) is 36.4 Å². The molecule has 3 aliphatic carbocycles. The first kappa shape index (κ1) is 90.7. The molecule has 0 spiro atoms. The second-order valence-corrected chi connectivity index (χ2v) is 26.3. The van der Waals surface area contributed by atoms with E-state index in [-0.39, 0.29) is 99.1 Å². The summed E-state index contributed by atoms with van der Waals surface area (Å²) in [4.78, 5) is 149. The topological polar surface area (TPSA) is 421 Å². The number of halogens is 3. The molecule has 0 radical (unpaired) electrons. The number of ketones is 2. The normalized spacial score (nSPS) is 20.2. The predicted molar refractivity (Wildman–Crippen MR) is 358 cm³/mol. The lowest BCUT2D eigenvalue weighted by Crippen LogP contribution is -2.57. The van der Waals surface area contributed by atoms with Crippen molar-refractivity contribution in [1.29, 1.82) is 0 Å². The molecule has 32 heteroatoms. The summed E-state index contributed by atoms with van der Waals surface area (Å²) in [5, 5.41) is 29.1. The number of aliphatic carboxylic acids is 2. The fraction of sp³-hybridized carbons (Fsp3) is 0.645. The summed E-state index contributed by atoms with van der Waals surface area (Å²) in [5.41, 5.74) is 10.8. The molecule has 29 nitrogen and oxygen atoms in total. The van der Waals surface area contributed by atoms with Crippen LogP contribution >= 0.6 is 35.6 Å². The molecule has 9 atom stereocenters. The van der Waals surface area contributed by atoms with E-state index in [4.69, 9.17) is 68.7 Å². The number of ether oxygens (including phenoxy) is 3. The largest absolute Gasteiger partial charge is 0.473 e. The third kappa shape index (κ3) is 36.8. The van der Waals surface area contributed by atoms with Gasteiger partial charge < -0.3 is 77.2 Å². The number of carboxylic acids is 2. The molecule has 3 aliphatic rings. The van der Waals surface area contributed by atoms with Crippen LogP contribution in [0.2, 0.25) is 10.0 Å². The van der Waals surface area contributed by atoms with E-state index in [0.717, 1.165) is 25.7 Å². The third-order valence-corrected chi connectivity index (χ3v) is 13.8. The summed E-state index contributed by atoms with van der Waals surface area (Å²) in [6, 6.07) is 4.44. The molecule has 5 rings (SSSR count). The van der Waals surface area contributed by atoms with E-state index in [1.54, 1.807) is 85.0 Å². The Bertz CT molecular complexity index is 2730. The number of alkyl carbamates (subject to hydrolysis) is 3. The van der Waals surface area contributed by atoms with Crippen molar-refractivity contribution >= 4 is 113 Å². The van der Waals surface area contributed by atoms with E-state index in [0.29, 0.717) is 47.8 Å². The van der Waals surface area contributed by atoms with Gasteiger partial charge in [0.2, 0.25) is 23.5 Å². The zero-order chi connectivity index (χ0) is 70.1. The van der Waals surface area contributed by atoms with Crippen LogP contribution in [0.25, 0.3) is 0 Å². The van der Waals surface area contributed by atoms with E-state index in [1.807, 2.05) is 41.5 Å². The van der Waals surface area contributed by atoms with Gasteiger partial charge in [0.15, 0.2) is 5.78 Å². The van der Waals surface area contributed by atoms with E-state index in [2.05, 4.69) is 36.6 Å². The SMILES string of the molecule is C.C.CC(=O)C(=O)Cc1ccc(Cl)cn1.CN(C)C(=O)[C@H]1CC[C@H](N)[C@H](NC(=O)OC(C)(C)C)C1.CN(C)C(=O)[C@H]1CC[C@H](N)[C@H](NC(=O)OC(C)(C)C)C1.CN(C)C(=O)[C@H]1CC[C@H](NC(=O)C(=O)Nc2ccc(Cl)cn2)[C@H](NC(=O)OC(C)(C)C)C1.Cl.O=C(O)C(=O)O. The number of Topliss-reactive ketones (excluding diaryl/α,β-unsaturated/α-hetero) is 2. The average molecular weight is 1390 g/mol. The highest BCUT2D eigenvalue weighted by Gasteiger charge is 2.39. The van der Waals surface area contributed by atoms with Crippen molar-refractivity contribution in [3.63, 3.8) is 0 Å². The lowest BCUT2D eigenvalue weighted by atomic mass is 9.81. The fourth-order valence-corrected chi connectivity index (χ4v) is 9.25. The van der Waals surface area contributed by atoms with Crippen LogP contribution in [0.1, 0.15) is 148 Å². The van der Waals surface area contributed by atoms with Gasteiger partial charge in [-0.15, -0.1) is 12.4 Å². The molecule has 0 aliphatic heterocycles. The van der Waals surface area contributed by atoms with Crippen molar-refractivity contribution in [2.45, 2.75) is 201 Å². The highest BCUT2D eigenvalue weighted by Crippen LogP contribution is 2.29. The Hall–Kier alpha value is -7.47. The van der Waals surface area contributed by atoms with E-state index in [9.17, 15) is 47.9 Å². The Kier molecular flexibility index (Phi) is 40.6. The van der Waals surface area contributed by atoms with Crippen LogP contribution in [-0.4, -0.2) is 202 Å². The number of nitrogens with one attached hydrogen (secondary N) is 5. The van der Waals surface area contributed by atoms with Gasteiger partial charge in [0.1, 0.15) is 22.6 Å². The summed E-state index contributed by atoms with van der Waals surface area (Å²) in [7, 11) is 10.3. The minimum Gasteiger partial charge on any atom is -0.473 e. The molecule has 0 unspecified atom stereocenters. The maximum absolute atomic E-state index is 12.5. The van der Waals surface area contributed by atoms with Crippen LogP contribution in [-0.2, 0) is 63.8 Å². The summed E-state index contributed by atoms with van der Waals surface area (Å²) in [6.45, 7) is 17.3. The molecule has 2 aromatic rings. The van der Waals surface area contributed by atoms with E-state index >= 15 is 0 Å².